The van der Waals surface area contributed by atoms with Crippen molar-refractivity contribution >= 4 is 43.5 Å². The summed E-state index contributed by atoms with van der Waals surface area (Å²) in [5, 5.41) is 3.24. The maximum Gasteiger partial charge on any atom is 0.267 e. The number of nitrogens with two attached hydrogens (primary N) is 1. The number of hydrogen-bond acceptors (Lipinski definition) is 3. The minimum atomic E-state index is -0.314. The predicted molar refractivity (Wildman–Crippen MR) is 76.9 cm³/mol. The highest BCUT2D eigenvalue weighted by Gasteiger charge is 2.14. The molecule has 1 rings (SSSR count). The Morgan fingerprint density at radius 2 is 2.12 bits per heavy atom. The van der Waals surface area contributed by atoms with Gasteiger partial charge in [-0.05, 0) is 34.5 Å². The van der Waals surface area contributed by atoms with Crippen LogP contribution < -0.4 is 16.6 Å². The second-order valence-corrected chi connectivity index (χ2v) is 5.33. The molecule has 0 aliphatic heterocycles. The molecule has 4 nitrogen and oxygen atoms in total. The van der Waals surface area contributed by atoms with Gasteiger partial charge in [0.2, 0.25) is 0 Å². The Labute approximate surface area is 118 Å². The van der Waals surface area contributed by atoms with Crippen molar-refractivity contribution in [2.24, 2.45) is 5.84 Å². The summed E-state index contributed by atoms with van der Waals surface area (Å²) >= 11 is 6.78. The molecule has 17 heavy (non-hydrogen) atoms. The lowest BCUT2D eigenvalue weighted by atomic mass is 10.1. The maximum atomic E-state index is 11.7. The first-order valence-electron chi connectivity index (χ1n) is 5.34. The Balaban J connectivity index is 3.03. The minimum Gasteiger partial charge on any atom is -0.383 e. The van der Waals surface area contributed by atoms with Gasteiger partial charge in [-0.2, -0.15) is 0 Å². The number of hydrogen-bond donors (Lipinski definition) is 3. The van der Waals surface area contributed by atoms with Crippen molar-refractivity contribution in [2.75, 3.05) is 11.9 Å². The molecule has 1 amide bonds. The van der Waals surface area contributed by atoms with Crippen molar-refractivity contribution in [1.29, 1.82) is 0 Å². The topological polar surface area (TPSA) is 67.2 Å². The highest BCUT2D eigenvalue weighted by molar-refractivity contribution is 9.11. The molecule has 0 saturated heterocycles. The molecule has 0 aromatic heterocycles. The Morgan fingerprint density at radius 3 is 2.71 bits per heavy atom. The van der Waals surface area contributed by atoms with Crippen molar-refractivity contribution < 1.29 is 4.79 Å². The van der Waals surface area contributed by atoms with Gasteiger partial charge in [0, 0.05) is 15.5 Å². The van der Waals surface area contributed by atoms with Gasteiger partial charge in [-0.1, -0.05) is 29.3 Å². The minimum absolute atomic E-state index is 0.314. The molecule has 0 unspecified atom stereocenters. The number of carbonyl (C=O) groups is 1. The predicted octanol–water partition coefficient (Wildman–Crippen LogP) is 3.03. The number of rotatable bonds is 5. The molecule has 4 N–H and O–H groups in total. The van der Waals surface area contributed by atoms with Gasteiger partial charge in [0.15, 0.2) is 0 Å². The van der Waals surface area contributed by atoms with Gasteiger partial charge in [0.25, 0.3) is 5.91 Å². The summed E-state index contributed by atoms with van der Waals surface area (Å²) in [4.78, 5) is 11.7. The molecule has 1 aromatic rings. The van der Waals surface area contributed by atoms with Crippen LogP contribution in [0.1, 0.15) is 30.1 Å². The van der Waals surface area contributed by atoms with Crippen LogP contribution in [0.4, 0.5) is 5.69 Å². The van der Waals surface area contributed by atoms with Crippen molar-refractivity contribution in [2.45, 2.75) is 19.8 Å². The fourth-order valence-corrected chi connectivity index (χ4v) is 2.77. The van der Waals surface area contributed by atoms with Crippen LogP contribution in [0.5, 0.6) is 0 Å². The molecule has 1 aromatic carbocycles. The lowest BCUT2D eigenvalue weighted by molar-refractivity contribution is 0.0954. The molecule has 0 aliphatic carbocycles. The summed E-state index contributed by atoms with van der Waals surface area (Å²) in [6.45, 7) is 2.94. The Morgan fingerprint density at radius 1 is 1.41 bits per heavy atom. The average molecular weight is 365 g/mol. The van der Waals surface area contributed by atoms with E-state index in [9.17, 15) is 4.79 Å². The third kappa shape index (κ3) is 3.97. The summed E-state index contributed by atoms with van der Waals surface area (Å²) in [7, 11) is 0. The molecule has 0 fully saturated rings. The first-order chi connectivity index (χ1) is 8.10. The van der Waals surface area contributed by atoms with Crippen LogP contribution in [0, 0.1) is 0 Å². The van der Waals surface area contributed by atoms with Crippen LogP contribution in [-0.2, 0) is 0 Å². The van der Waals surface area contributed by atoms with E-state index in [2.05, 4.69) is 49.5 Å². The van der Waals surface area contributed by atoms with Crippen LogP contribution in [0.15, 0.2) is 21.1 Å². The number of nitrogen functional groups attached to an aromatic ring is 1. The molecule has 0 bridgehead atoms. The van der Waals surface area contributed by atoms with Crippen LogP contribution in [0.3, 0.4) is 0 Å². The molecule has 94 valence electrons. The number of amides is 1. The monoisotopic (exact) mass is 363 g/mol. The van der Waals surface area contributed by atoms with E-state index >= 15 is 0 Å². The summed E-state index contributed by atoms with van der Waals surface area (Å²) < 4.78 is 1.66. The molecular weight excluding hydrogens is 350 g/mol. The molecule has 0 aliphatic rings. The zero-order chi connectivity index (χ0) is 12.8. The zero-order valence-electron chi connectivity index (χ0n) is 9.52. The third-order valence-electron chi connectivity index (χ3n) is 2.26. The Hall–Kier alpha value is -0.590. The molecule has 0 atom stereocenters. The lowest BCUT2D eigenvalue weighted by Gasteiger charge is -2.13. The van der Waals surface area contributed by atoms with E-state index in [1.165, 1.54) is 0 Å². The Kier molecular flexibility index (Phi) is 5.94. The van der Waals surface area contributed by atoms with E-state index in [1.54, 1.807) is 6.07 Å². The number of benzene rings is 1. The van der Waals surface area contributed by atoms with E-state index in [0.717, 1.165) is 34.0 Å². The van der Waals surface area contributed by atoms with E-state index in [0.29, 0.717) is 5.56 Å². The van der Waals surface area contributed by atoms with Crippen LogP contribution in [-0.4, -0.2) is 12.5 Å². The van der Waals surface area contributed by atoms with Gasteiger partial charge in [-0.25, -0.2) is 5.84 Å². The van der Waals surface area contributed by atoms with Gasteiger partial charge in [0.05, 0.1) is 11.3 Å². The molecule has 6 heteroatoms. The van der Waals surface area contributed by atoms with E-state index in [1.807, 2.05) is 6.07 Å². The first-order valence-corrected chi connectivity index (χ1v) is 6.92. The molecule has 0 heterocycles. The van der Waals surface area contributed by atoms with Gasteiger partial charge < -0.3 is 5.32 Å². The number of anilines is 1. The fourth-order valence-electron chi connectivity index (χ4n) is 1.40. The number of halogens is 2. The van der Waals surface area contributed by atoms with Gasteiger partial charge in [-0.15, -0.1) is 0 Å². The van der Waals surface area contributed by atoms with Gasteiger partial charge in [-0.3, -0.25) is 10.2 Å². The molecule has 0 radical (unpaired) electrons. The van der Waals surface area contributed by atoms with Crippen LogP contribution in [0.2, 0.25) is 0 Å². The quantitative estimate of drug-likeness (QED) is 0.325. The van der Waals surface area contributed by atoms with Crippen LogP contribution >= 0.6 is 31.9 Å². The smallest absolute Gasteiger partial charge is 0.267 e. The second kappa shape index (κ2) is 6.98. The zero-order valence-corrected chi connectivity index (χ0v) is 12.7. The van der Waals surface area contributed by atoms with Crippen molar-refractivity contribution in [1.82, 2.24) is 5.43 Å². The Bertz CT molecular complexity index is 410. The van der Waals surface area contributed by atoms with E-state index in [4.69, 9.17) is 5.84 Å². The standard InChI is InChI=1S/C11H15Br2N3O/c1-2-3-4-15-10-8(11(17)16-14)5-7(12)6-9(10)13/h5-6,15H,2-4,14H2,1H3,(H,16,17). The van der Waals surface area contributed by atoms with Gasteiger partial charge >= 0.3 is 0 Å². The second-order valence-electron chi connectivity index (χ2n) is 3.56. The van der Waals surface area contributed by atoms with Crippen molar-refractivity contribution in [3.63, 3.8) is 0 Å². The van der Waals surface area contributed by atoms with E-state index < -0.39 is 0 Å². The molecule has 0 spiro atoms. The molecule has 0 saturated carbocycles. The van der Waals surface area contributed by atoms with Gasteiger partial charge in [0.1, 0.15) is 0 Å². The summed E-state index contributed by atoms with van der Waals surface area (Å²) in [5.41, 5.74) is 3.43. The summed E-state index contributed by atoms with van der Waals surface area (Å²) in [6.07, 6.45) is 2.14. The normalized spacial score (nSPS) is 10.1. The van der Waals surface area contributed by atoms with Crippen molar-refractivity contribution in [3.05, 3.63) is 26.6 Å². The number of unbranched alkanes of at least 4 members (excludes halogenated alkanes) is 1. The summed E-state index contributed by atoms with van der Waals surface area (Å²) in [5.74, 6) is 4.86. The van der Waals surface area contributed by atoms with E-state index in [-0.39, 0.29) is 5.91 Å². The highest BCUT2D eigenvalue weighted by Crippen LogP contribution is 2.30. The molecular formula is C11H15Br2N3O. The highest BCUT2D eigenvalue weighted by atomic mass is 79.9. The van der Waals surface area contributed by atoms with Crippen molar-refractivity contribution in [3.8, 4) is 0 Å². The lowest BCUT2D eigenvalue weighted by Crippen LogP contribution is -2.30. The largest absolute Gasteiger partial charge is 0.383 e. The number of nitrogens with one attached hydrogen (secondary N) is 2. The maximum absolute atomic E-state index is 11.7. The third-order valence-corrected chi connectivity index (χ3v) is 3.35. The first kappa shape index (κ1) is 14.5. The van der Waals surface area contributed by atoms with Crippen LogP contribution in [0.25, 0.3) is 0 Å². The average Bonchev–Trinajstić information content (AvgIpc) is 2.30. The fraction of sp³-hybridized carbons (Fsp3) is 0.364. The SMILES string of the molecule is CCCCNc1c(Br)cc(Br)cc1C(=O)NN. The number of carbonyl (C=O) groups excluding carboxylic acids is 1. The summed E-state index contributed by atoms with van der Waals surface area (Å²) in [6, 6.07) is 3.63. The number of hydrazine groups is 1.